The van der Waals surface area contributed by atoms with Crippen molar-refractivity contribution in [2.45, 2.75) is 56.9 Å². The van der Waals surface area contributed by atoms with Gasteiger partial charge in [0, 0.05) is 25.8 Å². The highest BCUT2D eigenvalue weighted by Gasteiger charge is 2.50. The van der Waals surface area contributed by atoms with Gasteiger partial charge in [0.1, 0.15) is 0 Å². The lowest BCUT2D eigenvalue weighted by atomic mass is 9.79. The van der Waals surface area contributed by atoms with E-state index in [1.54, 1.807) is 7.11 Å². The SMILES string of the molecule is CO[C@@]12CC[C@@H](O)C[C@@H]1N(Cc1cc(C)no1)CC2. The minimum Gasteiger partial charge on any atom is -0.393 e. The highest BCUT2D eigenvalue weighted by Crippen LogP contribution is 2.42. The lowest BCUT2D eigenvalue weighted by Gasteiger charge is -2.42. The first kappa shape index (κ1) is 13.1. The first-order valence-corrected chi connectivity index (χ1v) is 7.02. The first-order chi connectivity index (χ1) is 9.13. The molecule has 5 nitrogen and oxygen atoms in total. The molecule has 1 aromatic heterocycles. The Morgan fingerprint density at radius 2 is 2.42 bits per heavy atom. The van der Waals surface area contributed by atoms with E-state index in [1.807, 2.05) is 13.0 Å². The molecule has 3 atom stereocenters. The molecule has 1 saturated heterocycles. The van der Waals surface area contributed by atoms with Crippen LogP contribution in [0.5, 0.6) is 0 Å². The van der Waals surface area contributed by atoms with E-state index in [0.717, 1.165) is 50.2 Å². The second-order valence-corrected chi connectivity index (χ2v) is 5.87. The normalized spacial score (nSPS) is 35.5. The maximum absolute atomic E-state index is 9.94. The Hall–Kier alpha value is -0.910. The average Bonchev–Trinajstić information content (AvgIpc) is 2.96. The van der Waals surface area contributed by atoms with Crippen LogP contribution in [0.15, 0.2) is 10.6 Å². The van der Waals surface area contributed by atoms with E-state index in [0.29, 0.717) is 0 Å². The quantitative estimate of drug-likeness (QED) is 0.898. The van der Waals surface area contributed by atoms with Gasteiger partial charge in [-0.15, -0.1) is 0 Å². The molecular weight excluding hydrogens is 244 g/mol. The zero-order valence-electron chi connectivity index (χ0n) is 11.6. The van der Waals surface area contributed by atoms with Crippen molar-refractivity contribution in [1.29, 1.82) is 0 Å². The van der Waals surface area contributed by atoms with E-state index in [1.165, 1.54) is 0 Å². The summed E-state index contributed by atoms with van der Waals surface area (Å²) < 4.78 is 11.1. The molecule has 0 amide bonds. The number of methoxy groups -OCH3 is 1. The Kier molecular flexibility index (Phi) is 3.37. The van der Waals surface area contributed by atoms with Crippen LogP contribution in [0.3, 0.4) is 0 Å². The Bertz CT molecular complexity index is 448. The van der Waals surface area contributed by atoms with Crippen molar-refractivity contribution < 1.29 is 14.4 Å². The van der Waals surface area contributed by atoms with Gasteiger partial charge >= 0.3 is 0 Å². The molecule has 0 radical (unpaired) electrons. The van der Waals surface area contributed by atoms with Gasteiger partial charge < -0.3 is 14.4 Å². The van der Waals surface area contributed by atoms with Crippen LogP contribution in [0.4, 0.5) is 0 Å². The molecule has 19 heavy (non-hydrogen) atoms. The Balaban J connectivity index is 1.76. The van der Waals surface area contributed by atoms with Crippen molar-refractivity contribution >= 4 is 0 Å². The smallest absolute Gasteiger partial charge is 0.150 e. The largest absolute Gasteiger partial charge is 0.393 e. The fourth-order valence-electron chi connectivity index (χ4n) is 3.65. The van der Waals surface area contributed by atoms with Crippen molar-refractivity contribution in [2.75, 3.05) is 13.7 Å². The minimum atomic E-state index is -0.203. The van der Waals surface area contributed by atoms with Crippen LogP contribution in [0.1, 0.15) is 37.1 Å². The zero-order valence-corrected chi connectivity index (χ0v) is 11.6. The van der Waals surface area contributed by atoms with Crippen LogP contribution >= 0.6 is 0 Å². The maximum Gasteiger partial charge on any atom is 0.150 e. The maximum atomic E-state index is 9.94. The predicted molar refractivity (Wildman–Crippen MR) is 69.7 cm³/mol. The molecule has 2 aliphatic rings. The van der Waals surface area contributed by atoms with Crippen LogP contribution in [0.2, 0.25) is 0 Å². The second kappa shape index (κ2) is 4.89. The second-order valence-electron chi connectivity index (χ2n) is 5.87. The van der Waals surface area contributed by atoms with E-state index in [-0.39, 0.29) is 17.7 Å². The summed E-state index contributed by atoms with van der Waals surface area (Å²) in [5.74, 6) is 0.893. The molecule has 106 valence electrons. The van der Waals surface area contributed by atoms with Crippen LogP contribution in [0.25, 0.3) is 0 Å². The highest BCUT2D eigenvalue weighted by atomic mass is 16.5. The fourth-order valence-corrected chi connectivity index (χ4v) is 3.65. The summed E-state index contributed by atoms with van der Waals surface area (Å²) in [7, 11) is 1.80. The van der Waals surface area contributed by atoms with Gasteiger partial charge in [-0.1, -0.05) is 5.16 Å². The molecule has 1 N–H and O–H groups in total. The van der Waals surface area contributed by atoms with Crippen molar-refractivity contribution in [3.8, 4) is 0 Å². The van der Waals surface area contributed by atoms with Gasteiger partial charge in [-0.2, -0.15) is 0 Å². The van der Waals surface area contributed by atoms with Crippen molar-refractivity contribution in [1.82, 2.24) is 10.1 Å². The molecule has 5 heteroatoms. The van der Waals surface area contributed by atoms with Gasteiger partial charge in [0.2, 0.25) is 0 Å². The van der Waals surface area contributed by atoms with Crippen LogP contribution in [-0.2, 0) is 11.3 Å². The van der Waals surface area contributed by atoms with Crippen LogP contribution < -0.4 is 0 Å². The van der Waals surface area contributed by atoms with E-state index >= 15 is 0 Å². The standard InChI is InChI=1S/C14H22N2O3/c1-10-7-12(19-15-10)9-16-6-5-14(18-2)4-3-11(17)8-13(14)16/h7,11,13,17H,3-6,8-9H2,1-2H3/t11-,13+,14-/m1/s1. The number of aromatic nitrogens is 1. The number of ether oxygens (including phenoxy) is 1. The monoisotopic (exact) mass is 266 g/mol. The summed E-state index contributed by atoms with van der Waals surface area (Å²) in [4.78, 5) is 2.37. The van der Waals surface area contributed by atoms with Gasteiger partial charge in [0.25, 0.3) is 0 Å². The summed E-state index contributed by atoms with van der Waals surface area (Å²) >= 11 is 0. The average molecular weight is 266 g/mol. The molecule has 1 aromatic rings. The Morgan fingerprint density at radius 1 is 1.58 bits per heavy atom. The first-order valence-electron chi connectivity index (χ1n) is 7.02. The summed E-state index contributed by atoms with van der Waals surface area (Å²) in [6.07, 6.45) is 3.42. The molecule has 2 fully saturated rings. The molecule has 1 aliphatic carbocycles. The van der Waals surface area contributed by atoms with E-state index < -0.39 is 0 Å². The molecule has 1 aliphatic heterocycles. The van der Waals surface area contributed by atoms with E-state index in [2.05, 4.69) is 10.1 Å². The summed E-state index contributed by atoms with van der Waals surface area (Å²) in [6.45, 7) is 3.68. The van der Waals surface area contributed by atoms with Gasteiger partial charge in [0.15, 0.2) is 5.76 Å². The lowest BCUT2D eigenvalue weighted by molar-refractivity contribution is -0.0886. The van der Waals surface area contributed by atoms with Crippen LogP contribution in [0, 0.1) is 6.92 Å². The Morgan fingerprint density at radius 3 is 3.11 bits per heavy atom. The highest BCUT2D eigenvalue weighted by molar-refractivity contribution is 5.08. The molecule has 0 bridgehead atoms. The third-order valence-corrected chi connectivity index (χ3v) is 4.71. The van der Waals surface area contributed by atoms with Crippen molar-refractivity contribution in [3.05, 3.63) is 17.5 Å². The van der Waals surface area contributed by atoms with E-state index in [9.17, 15) is 5.11 Å². The molecule has 3 rings (SSSR count). The summed E-state index contributed by atoms with van der Waals surface area (Å²) in [5, 5.41) is 13.9. The number of aryl methyl sites for hydroxylation is 1. The van der Waals surface area contributed by atoms with Crippen molar-refractivity contribution in [3.63, 3.8) is 0 Å². The lowest BCUT2D eigenvalue weighted by Crippen LogP contribution is -2.51. The van der Waals surface area contributed by atoms with Gasteiger partial charge in [-0.05, 0) is 32.6 Å². The number of aliphatic hydroxyl groups is 1. The minimum absolute atomic E-state index is 0.0751. The molecule has 2 heterocycles. The van der Waals surface area contributed by atoms with E-state index in [4.69, 9.17) is 9.26 Å². The Labute approximate surface area is 113 Å². The number of aliphatic hydroxyl groups excluding tert-OH is 1. The van der Waals surface area contributed by atoms with Crippen molar-refractivity contribution in [2.24, 2.45) is 0 Å². The summed E-state index contributed by atoms with van der Waals surface area (Å²) in [5.41, 5.74) is 0.838. The third-order valence-electron chi connectivity index (χ3n) is 4.71. The number of fused-ring (bicyclic) bond motifs is 1. The predicted octanol–water partition coefficient (Wildman–Crippen LogP) is 1.49. The molecule has 0 aromatic carbocycles. The van der Waals surface area contributed by atoms with Gasteiger partial charge in [-0.3, -0.25) is 4.90 Å². The molecule has 1 saturated carbocycles. The fraction of sp³-hybridized carbons (Fsp3) is 0.786. The van der Waals surface area contributed by atoms with Crippen LogP contribution in [-0.4, -0.2) is 46.6 Å². The molecule has 0 unspecified atom stereocenters. The zero-order chi connectivity index (χ0) is 13.5. The van der Waals surface area contributed by atoms with Gasteiger partial charge in [0.05, 0.1) is 23.9 Å². The molecular formula is C14H22N2O3. The number of hydrogen-bond donors (Lipinski definition) is 1. The van der Waals surface area contributed by atoms with Gasteiger partial charge in [-0.25, -0.2) is 0 Å². The number of likely N-dealkylation sites (tertiary alicyclic amines) is 1. The molecule has 0 spiro atoms. The topological polar surface area (TPSA) is 58.7 Å². The number of nitrogens with zero attached hydrogens (tertiary/aromatic N) is 2. The summed E-state index contributed by atoms with van der Waals surface area (Å²) in [6, 6.07) is 2.26. The third kappa shape index (κ3) is 2.30. The number of rotatable bonds is 3. The number of hydrogen-bond acceptors (Lipinski definition) is 5.